The van der Waals surface area contributed by atoms with Crippen molar-refractivity contribution < 1.29 is 9.53 Å². The van der Waals surface area contributed by atoms with E-state index in [1.807, 2.05) is 19.1 Å². The van der Waals surface area contributed by atoms with Gasteiger partial charge in [-0.05, 0) is 55.0 Å². The lowest BCUT2D eigenvalue weighted by Gasteiger charge is -2.40. The number of carbonyl (C=O) groups is 1. The highest BCUT2D eigenvalue weighted by Gasteiger charge is 2.54. The van der Waals surface area contributed by atoms with Crippen molar-refractivity contribution in [2.45, 2.75) is 54.1 Å². The molecule has 180 valence electrons. The predicted molar refractivity (Wildman–Crippen MR) is 139 cm³/mol. The quantitative estimate of drug-likeness (QED) is 0.325. The van der Waals surface area contributed by atoms with Gasteiger partial charge in [-0.1, -0.05) is 81.6 Å². The molecule has 1 aromatic heterocycles. The van der Waals surface area contributed by atoms with E-state index < -0.39 is 5.97 Å². The zero-order valence-electron chi connectivity index (χ0n) is 20.2. The fraction of sp³-hybridized carbons (Fsp3) is 0.407. The van der Waals surface area contributed by atoms with E-state index >= 15 is 0 Å². The second kappa shape index (κ2) is 8.89. The van der Waals surface area contributed by atoms with Gasteiger partial charge in [0.25, 0.3) is 0 Å². The molecule has 1 saturated carbocycles. The number of carbonyl (C=O) groups excluding carboxylic acids is 1. The van der Waals surface area contributed by atoms with Crippen molar-refractivity contribution in [3.05, 3.63) is 68.8 Å². The summed E-state index contributed by atoms with van der Waals surface area (Å²) < 4.78 is 7.80. The average molecular weight is 520 g/mol. The lowest BCUT2D eigenvalue weighted by Crippen LogP contribution is -2.38. The molecule has 2 atom stereocenters. The molecule has 1 fully saturated rings. The highest BCUT2D eigenvalue weighted by Crippen LogP contribution is 2.56. The molecule has 0 radical (unpaired) electrons. The number of ether oxygens (including phenoxy) is 1. The Balaban J connectivity index is 1.80. The van der Waals surface area contributed by atoms with Gasteiger partial charge in [0.1, 0.15) is 6.10 Å². The SMILES string of the molecule is Cc1c(C(=O)O[C@H]2CC(C)C(C)(C)C2(C)C)nn(-c2ccc(Cl)cc2Cl)c1-c1ccc(Cl)cc1. The second-order valence-electron chi connectivity index (χ2n) is 10.3. The number of esters is 1. The second-order valence-corrected chi connectivity index (χ2v) is 11.6. The third kappa shape index (κ3) is 4.14. The summed E-state index contributed by atoms with van der Waals surface area (Å²) in [5, 5.41) is 6.27. The van der Waals surface area contributed by atoms with E-state index in [2.05, 4.69) is 34.6 Å². The molecule has 3 aromatic rings. The van der Waals surface area contributed by atoms with Crippen LogP contribution in [0.2, 0.25) is 15.1 Å². The molecule has 2 aromatic carbocycles. The first kappa shape index (κ1) is 25.1. The van der Waals surface area contributed by atoms with Gasteiger partial charge in [-0.25, -0.2) is 9.48 Å². The molecule has 1 heterocycles. The molecule has 7 heteroatoms. The van der Waals surface area contributed by atoms with Crippen LogP contribution < -0.4 is 0 Å². The van der Waals surface area contributed by atoms with E-state index in [-0.39, 0.29) is 22.6 Å². The van der Waals surface area contributed by atoms with E-state index in [1.54, 1.807) is 35.0 Å². The lowest BCUT2D eigenvalue weighted by atomic mass is 9.67. The third-order valence-electron chi connectivity index (χ3n) is 8.09. The monoisotopic (exact) mass is 518 g/mol. The number of aromatic nitrogens is 2. The van der Waals surface area contributed by atoms with Gasteiger partial charge in [0.15, 0.2) is 5.69 Å². The molecule has 0 aliphatic heterocycles. The average Bonchev–Trinajstić information content (AvgIpc) is 3.16. The van der Waals surface area contributed by atoms with Crippen molar-refractivity contribution in [1.29, 1.82) is 0 Å². The Morgan fingerprint density at radius 2 is 1.62 bits per heavy atom. The van der Waals surface area contributed by atoms with Crippen molar-refractivity contribution in [3.63, 3.8) is 0 Å². The van der Waals surface area contributed by atoms with E-state index in [0.29, 0.717) is 32.2 Å². The van der Waals surface area contributed by atoms with Gasteiger partial charge < -0.3 is 4.74 Å². The van der Waals surface area contributed by atoms with E-state index in [0.717, 1.165) is 17.7 Å². The summed E-state index contributed by atoms with van der Waals surface area (Å²) in [5.74, 6) is -0.00372. The highest BCUT2D eigenvalue weighted by molar-refractivity contribution is 6.35. The fourth-order valence-electron chi connectivity index (χ4n) is 4.80. The topological polar surface area (TPSA) is 44.1 Å². The standard InChI is InChI=1S/C27H29Cl3N2O2/c1-15-13-22(27(5,6)26(15,3)4)34-25(33)23-16(2)24(17-7-9-18(28)10-8-17)32(31-23)21-12-11-19(29)14-20(21)30/h7-12,14-15,22H,13H2,1-6H3/t15?,22-/m0/s1. The van der Waals surface area contributed by atoms with Crippen LogP contribution in [0.1, 0.15) is 57.1 Å². The molecule has 4 rings (SSSR count). The van der Waals surface area contributed by atoms with Crippen molar-refractivity contribution in [3.8, 4) is 16.9 Å². The van der Waals surface area contributed by atoms with Crippen LogP contribution >= 0.6 is 34.8 Å². The minimum atomic E-state index is -0.431. The molecule has 0 N–H and O–H groups in total. The van der Waals surface area contributed by atoms with E-state index in [4.69, 9.17) is 44.6 Å². The first-order chi connectivity index (χ1) is 15.8. The predicted octanol–water partition coefficient (Wildman–Crippen LogP) is 8.43. The minimum Gasteiger partial charge on any atom is -0.457 e. The molecule has 1 aliphatic rings. The number of nitrogens with zero attached hydrogens (tertiary/aromatic N) is 2. The smallest absolute Gasteiger partial charge is 0.359 e. The zero-order valence-corrected chi connectivity index (χ0v) is 22.5. The molecule has 0 saturated heterocycles. The summed E-state index contributed by atoms with van der Waals surface area (Å²) in [4.78, 5) is 13.5. The summed E-state index contributed by atoms with van der Waals surface area (Å²) in [6, 6.07) is 12.6. The van der Waals surface area contributed by atoms with Gasteiger partial charge in [-0.15, -0.1) is 0 Å². The van der Waals surface area contributed by atoms with Crippen molar-refractivity contribution in [2.75, 3.05) is 0 Å². The van der Waals surface area contributed by atoms with Gasteiger partial charge in [0.05, 0.1) is 16.4 Å². The van der Waals surface area contributed by atoms with Gasteiger partial charge in [0, 0.05) is 26.6 Å². The summed E-state index contributed by atoms with van der Waals surface area (Å²) in [7, 11) is 0. The molecule has 0 amide bonds. The maximum atomic E-state index is 13.5. The summed E-state index contributed by atoms with van der Waals surface area (Å²) in [6.07, 6.45) is 0.617. The zero-order chi connectivity index (χ0) is 25.0. The van der Waals surface area contributed by atoms with Crippen LogP contribution in [0.5, 0.6) is 0 Å². The summed E-state index contributed by atoms with van der Waals surface area (Å²) >= 11 is 18.8. The van der Waals surface area contributed by atoms with E-state index in [1.165, 1.54) is 0 Å². The summed E-state index contributed by atoms with van der Waals surface area (Å²) in [5.41, 5.74) is 3.07. The number of halogens is 3. The van der Waals surface area contributed by atoms with E-state index in [9.17, 15) is 4.79 Å². The van der Waals surface area contributed by atoms with Crippen LogP contribution in [-0.4, -0.2) is 21.9 Å². The van der Waals surface area contributed by atoms with Crippen LogP contribution in [0.4, 0.5) is 0 Å². The number of hydrogen-bond donors (Lipinski definition) is 0. The largest absolute Gasteiger partial charge is 0.457 e. The van der Waals surface area contributed by atoms with Gasteiger partial charge >= 0.3 is 5.97 Å². The Bertz CT molecular complexity index is 1250. The first-order valence-electron chi connectivity index (χ1n) is 11.4. The Morgan fingerprint density at radius 3 is 2.18 bits per heavy atom. The normalized spacial score (nSPS) is 21.0. The third-order valence-corrected chi connectivity index (χ3v) is 8.88. The molecule has 1 aliphatic carbocycles. The summed E-state index contributed by atoms with van der Waals surface area (Å²) in [6.45, 7) is 12.9. The fourth-order valence-corrected chi connectivity index (χ4v) is 5.42. The van der Waals surface area contributed by atoms with Crippen molar-refractivity contribution >= 4 is 40.8 Å². The molecular weight excluding hydrogens is 491 g/mol. The Morgan fingerprint density at radius 1 is 1.00 bits per heavy atom. The molecule has 1 unspecified atom stereocenters. The van der Waals surface area contributed by atoms with Crippen LogP contribution in [0, 0.1) is 23.7 Å². The van der Waals surface area contributed by atoms with Crippen molar-refractivity contribution in [1.82, 2.24) is 9.78 Å². The van der Waals surface area contributed by atoms with Crippen LogP contribution in [-0.2, 0) is 4.74 Å². The number of rotatable bonds is 4. The maximum Gasteiger partial charge on any atom is 0.359 e. The van der Waals surface area contributed by atoms with Gasteiger partial charge in [-0.3, -0.25) is 0 Å². The van der Waals surface area contributed by atoms with Crippen LogP contribution in [0.3, 0.4) is 0 Å². The molecule has 4 nitrogen and oxygen atoms in total. The van der Waals surface area contributed by atoms with Crippen LogP contribution in [0.25, 0.3) is 16.9 Å². The Labute approximate surface area is 216 Å². The Kier molecular flexibility index (Phi) is 6.56. The van der Waals surface area contributed by atoms with Gasteiger partial charge in [0.2, 0.25) is 0 Å². The first-order valence-corrected chi connectivity index (χ1v) is 12.5. The maximum absolute atomic E-state index is 13.5. The van der Waals surface area contributed by atoms with Crippen LogP contribution in [0.15, 0.2) is 42.5 Å². The Hall–Kier alpha value is -2.01. The lowest BCUT2D eigenvalue weighted by molar-refractivity contribution is -0.0207. The minimum absolute atomic E-state index is 0.0393. The highest BCUT2D eigenvalue weighted by atomic mass is 35.5. The van der Waals surface area contributed by atoms with Crippen molar-refractivity contribution in [2.24, 2.45) is 16.7 Å². The number of benzene rings is 2. The molecule has 0 bridgehead atoms. The molecule has 34 heavy (non-hydrogen) atoms. The van der Waals surface area contributed by atoms with Gasteiger partial charge in [-0.2, -0.15) is 5.10 Å². The number of hydrogen-bond acceptors (Lipinski definition) is 3. The molecule has 0 spiro atoms. The molecular formula is C27H29Cl3N2O2.